The SMILES string of the molecule is C=CC=C.CC(c1ccc(-c2ccc(N)nc2)cc1)N1CCC(CCO)OC1=O. The number of cyclic esters (lactones) is 1. The molecule has 1 aliphatic heterocycles. The third-order valence-electron chi connectivity index (χ3n) is 4.79. The van der Waals surface area contributed by atoms with Crippen molar-refractivity contribution in [3.05, 3.63) is 73.5 Å². The van der Waals surface area contributed by atoms with Crippen LogP contribution in [0.5, 0.6) is 0 Å². The topological polar surface area (TPSA) is 88.7 Å². The van der Waals surface area contributed by atoms with Gasteiger partial charge < -0.3 is 20.5 Å². The first-order valence-electron chi connectivity index (χ1n) is 9.63. The van der Waals surface area contributed by atoms with Gasteiger partial charge in [-0.3, -0.25) is 0 Å². The summed E-state index contributed by atoms with van der Waals surface area (Å²) in [6.45, 7) is 9.39. The normalized spacial score (nSPS) is 16.8. The van der Waals surface area contributed by atoms with Crippen LogP contribution in [0.25, 0.3) is 11.1 Å². The Hall–Kier alpha value is -3.12. The number of amides is 1. The van der Waals surface area contributed by atoms with E-state index >= 15 is 0 Å². The Bertz CT molecular complexity index is 797. The minimum Gasteiger partial charge on any atom is -0.446 e. The number of aliphatic hydroxyl groups is 1. The lowest BCUT2D eigenvalue weighted by molar-refractivity contribution is 0.00401. The molecule has 3 rings (SSSR count). The Morgan fingerprint density at radius 2 is 1.90 bits per heavy atom. The second-order valence-corrected chi connectivity index (χ2v) is 6.74. The molecule has 154 valence electrons. The van der Waals surface area contributed by atoms with Crippen LogP contribution in [0.2, 0.25) is 0 Å². The molecular formula is C23H29N3O3. The van der Waals surface area contributed by atoms with Crippen molar-refractivity contribution < 1.29 is 14.6 Å². The van der Waals surface area contributed by atoms with Crippen LogP contribution >= 0.6 is 0 Å². The van der Waals surface area contributed by atoms with Crippen LogP contribution in [-0.4, -0.2) is 40.3 Å². The van der Waals surface area contributed by atoms with Crippen molar-refractivity contribution in [1.82, 2.24) is 9.88 Å². The molecule has 0 aliphatic carbocycles. The van der Waals surface area contributed by atoms with Crippen molar-refractivity contribution in [3.8, 4) is 11.1 Å². The predicted octanol–water partition coefficient (Wildman–Crippen LogP) is 4.34. The Morgan fingerprint density at radius 1 is 1.24 bits per heavy atom. The lowest BCUT2D eigenvalue weighted by Gasteiger charge is -2.35. The van der Waals surface area contributed by atoms with Gasteiger partial charge in [0.05, 0.1) is 6.04 Å². The molecule has 29 heavy (non-hydrogen) atoms. The van der Waals surface area contributed by atoms with Gasteiger partial charge in [-0.2, -0.15) is 0 Å². The second-order valence-electron chi connectivity index (χ2n) is 6.74. The molecule has 0 saturated carbocycles. The van der Waals surface area contributed by atoms with Crippen molar-refractivity contribution in [2.45, 2.75) is 31.9 Å². The van der Waals surface area contributed by atoms with Crippen molar-refractivity contribution in [1.29, 1.82) is 0 Å². The number of hydrogen-bond acceptors (Lipinski definition) is 5. The molecule has 2 unspecified atom stereocenters. The molecule has 1 saturated heterocycles. The number of hydrogen-bond donors (Lipinski definition) is 2. The number of pyridine rings is 1. The van der Waals surface area contributed by atoms with Crippen molar-refractivity contribution in [2.75, 3.05) is 18.9 Å². The Labute approximate surface area is 172 Å². The number of carbonyl (C=O) groups is 1. The zero-order chi connectivity index (χ0) is 21.2. The lowest BCUT2D eigenvalue weighted by atomic mass is 10.0. The van der Waals surface area contributed by atoms with E-state index in [2.05, 4.69) is 18.1 Å². The molecule has 0 radical (unpaired) electrons. The first kappa shape index (κ1) is 22.2. The summed E-state index contributed by atoms with van der Waals surface area (Å²) < 4.78 is 5.39. The Balaban J connectivity index is 0.000000687. The number of allylic oxidation sites excluding steroid dienone is 2. The fourth-order valence-corrected chi connectivity index (χ4v) is 3.05. The zero-order valence-electron chi connectivity index (χ0n) is 16.8. The maximum absolute atomic E-state index is 12.2. The molecule has 2 aromatic rings. The van der Waals surface area contributed by atoms with Crippen LogP contribution in [0.4, 0.5) is 10.6 Å². The fraction of sp³-hybridized carbons (Fsp3) is 0.304. The number of ether oxygens (including phenoxy) is 1. The quantitative estimate of drug-likeness (QED) is 0.710. The third-order valence-corrected chi connectivity index (χ3v) is 4.79. The number of nitrogen functional groups attached to an aromatic ring is 1. The van der Waals surface area contributed by atoms with Gasteiger partial charge in [-0.15, -0.1) is 0 Å². The average molecular weight is 396 g/mol. The number of anilines is 1. The minimum atomic E-state index is -0.316. The van der Waals surface area contributed by atoms with E-state index < -0.39 is 0 Å². The van der Waals surface area contributed by atoms with Crippen LogP contribution in [0.3, 0.4) is 0 Å². The Morgan fingerprint density at radius 3 is 2.41 bits per heavy atom. The van der Waals surface area contributed by atoms with E-state index in [9.17, 15) is 4.79 Å². The summed E-state index contributed by atoms with van der Waals surface area (Å²) in [6, 6.07) is 11.7. The maximum Gasteiger partial charge on any atom is 0.410 e. The molecule has 1 fully saturated rings. The summed E-state index contributed by atoms with van der Waals surface area (Å²) >= 11 is 0. The molecule has 0 bridgehead atoms. The molecule has 1 aromatic heterocycles. The standard InChI is InChI=1S/C19H23N3O3.C4H6/c1-13(22-10-8-17(9-11-23)25-19(22)24)14-2-4-15(5-3-14)16-6-7-18(20)21-12-16;1-3-4-2/h2-7,12-13,17,23H,8-11H2,1H3,(H2,20,21);3-4H,1-2H2. The highest BCUT2D eigenvalue weighted by Crippen LogP contribution is 2.28. The molecule has 1 aromatic carbocycles. The molecule has 6 heteroatoms. The number of carbonyl (C=O) groups excluding carboxylic acids is 1. The minimum absolute atomic E-state index is 0.0367. The van der Waals surface area contributed by atoms with Gasteiger partial charge in [0.2, 0.25) is 0 Å². The Kier molecular flexibility index (Phi) is 8.43. The van der Waals surface area contributed by atoms with Crippen LogP contribution in [0.15, 0.2) is 67.9 Å². The van der Waals surface area contributed by atoms with Crippen LogP contribution in [0.1, 0.15) is 31.4 Å². The molecule has 0 spiro atoms. The van der Waals surface area contributed by atoms with Crippen LogP contribution in [0, 0.1) is 0 Å². The number of rotatable bonds is 6. The number of nitrogens with zero attached hydrogens (tertiary/aromatic N) is 2. The van der Waals surface area contributed by atoms with E-state index in [1.807, 2.05) is 37.3 Å². The number of aromatic nitrogens is 1. The first-order valence-corrected chi connectivity index (χ1v) is 9.63. The molecule has 1 amide bonds. The van der Waals surface area contributed by atoms with Gasteiger partial charge in [-0.1, -0.05) is 49.6 Å². The van der Waals surface area contributed by atoms with Crippen LogP contribution < -0.4 is 5.73 Å². The van der Waals surface area contributed by atoms with Gasteiger partial charge in [0, 0.05) is 37.8 Å². The summed E-state index contributed by atoms with van der Waals surface area (Å²) in [6.07, 6.45) is 5.77. The molecular weight excluding hydrogens is 366 g/mol. The van der Waals surface area contributed by atoms with E-state index in [0.717, 1.165) is 23.1 Å². The van der Waals surface area contributed by atoms with E-state index in [4.69, 9.17) is 15.6 Å². The number of benzene rings is 1. The summed E-state index contributed by atoms with van der Waals surface area (Å²) in [4.78, 5) is 18.1. The molecule has 2 atom stereocenters. The van der Waals surface area contributed by atoms with Crippen LogP contribution in [-0.2, 0) is 4.74 Å². The highest BCUT2D eigenvalue weighted by atomic mass is 16.6. The average Bonchev–Trinajstić information content (AvgIpc) is 2.74. The number of aliphatic hydroxyl groups excluding tert-OH is 1. The van der Waals surface area contributed by atoms with Gasteiger partial charge in [0.25, 0.3) is 0 Å². The summed E-state index contributed by atoms with van der Waals surface area (Å²) in [5.41, 5.74) is 8.71. The molecule has 6 nitrogen and oxygen atoms in total. The fourth-order valence-electron chi connectivity index (χ4n) is 3.05. The maximum atomic E-state index is 12.2. The van der Waals surface area contributed by atoms with Crippen molar-refractivity contribution >= 4 is 11.9 Å². The third kappa shape index (κ3) is 6.19. The zero-order valence-corrected chi connectivity index (χ0v) is 16.8. The molecule has 2 heterocycles. The first-order chi connectivity index (χ1) is 14.0. The van der Waals surface area contributed by atoms with E-state index in [1.54, 1.807) is 29.3 Å². The summed E-state index contributed by atoms with van der Waals surface area (Å²) in [7, 11) is 0. The molecule has 1 aliphatic rings. The van der Waals surface area contributed by atoms with E-state index in [1.165, 1.54) is 0 Å². The number of nitrogens with two attached hydrogens (primary N) is 1. The monoisotopic (exact) mass is 395 g/mol. The summed E-state index contributed by atoms with van der Waals surface area (Å²) in [5, 5.41) is 8.98. The van der Waals surface area contributed by atoms with Gasteiger partial charge in [-0.25, -0.2) is 9.78 Å². The lowest BCUT2D eigenvalue weighted by Crippen LogP contribution is -2.43. The van der Waals surface area contributed by atoms with E-state index in [-0.39, 0.29) is 24.8 Å². The van der Waals surface area contributed by atoms with Gasteiger partial charge in [-0.05, 0) is 30.2 Å². The smallest absolute Gasteiger partial charge is 0.410 e. The van der Waals surface area contributed by atoms with E-state index in [0.29, 0.717) is 18.8 Å². The second kappa shape index (κ2) is 11.0. The predicted molar refractivity (Wildman–Crippen MR) is 116 cm³/mol. The summed E-state index contributed by atoms with van der Waals surface area (Å²) in [5.74, 6) is 0.497. The molecule has 3 N–H and O–H groups in total. The van der Waals surface area contributed by atoms with Gasteiger partial charge >= 0.3 is 6.09 Å². The largest absolute Gasteiger partial charge is 0.446 e. The van der Waals surface area contributed by atoms with Gasteiger partial charge in [0.1, 0.15) is 11.9 Å². The highest BCUT2D eigenvalue weighted by Gasteiger charge is 2.30. The van der Waals surface area contributed by atoms with Crippen molar-refractivity contribution in [2.24, 2.45) is 0 Å². The van der Waals surface area contributed by atoms with Crippen molar-refractivity contribution in [3.63, 3.8) is 0 Å². The van der Waals surface area contributed by atoms with Gasteiger partial charge in [0.15, 0.2) is 0 Å². The highest BCUT2D eigenvalue weighted by molar-refractivity contribution is 5.69.